The number of nitrogen functional groups attached to an aromatic ring is 2. The molecule has 0 saturated carbocycles. The molecule has 0 radical (unpaired) electrons. The van der Waals surface area contributed by atoms with Crippen molar-refractivity contribution in [3.05, 3.63) is 75.7 Å². The van der Waals surface area contributed by atoms with Gasteiger partial charge in [-0.3, -0.25) is 29.2 Å². The lowest BCUT2D eigenvalue weighted by Gasteiger charge is -2.17. The molecular weight excluding hydrogens is 674 g/mol. The number of aromatic nitrogens is 2. The van der Waals surface area contributed by atoms with Gasteiger partial charge in [0.1, 0.15) is 12.4 Å². The van der Waals surface area contributed by atoms with E-state index in [2.05, 4.69) is 15.6 Å². The highest BCUT2D eigenvalue weighted by Gasteiger charge is 2.38. The maximum atomic E-state index is 13.2. The molecule has 1 aromatic heterocycles. The number of primary amides is 1. The van der Waals surface area contributed by atoms with Crippen LogP contribution < -0.4 is 33.4 Å². The minimum absolute atomic E-state index is 0.0444. The number of rotatable bonds is 9. The van der Waals surface area contributed by atoms with E-state index in [4.69, 9.17) is 42.4 Å². The van der Waals surface area contributed by atoms with Crippen LogP contribution in [0.1, 0.15) is 35.3 Å². The van der Waals surface area contributed by atoms with E-state index in [0.717, 1.165) is 5.56 Å². The molecule has 268 valence electrons. The van der Waals surface area contributed by atoms with Crippen LogP contribution in [0.4, 0.5) is 37.8 Å². The van der Waals surface area contributed by atoms with Crippen molar-refractivity contribution in [2.24, 2.45) is 11.5 Å². The zero-order valence-corrected chi connectivity index (χ0v) is 25.6. The normalized spacial score (nSPS) is 10.2. The molecule has 0 aliphatic rings. The predicted octanol–water partition coefficient (Wildman–Crippen LogP) is 2.52. The standard InChI is InChI=1S/C24H28N8O3.C2HF3O2.CHF3.CH2O2/c1-13(2)31-23-24(35)32(12-20(33)29-10-14-3-5-15(6-4-14)21(26)27)19(11-30-23)16-7-17(22(28)34)9-18(25)8-16;3-2(4,5)1(6)7;2-1(3)4;2-1-3/h3-9,11,13H,10,12,25H2,1-2H3,(H3,26,27)(H2,28,34)(H,29,33)(H,30,31);(H,6,7);1H;1H,(H,2,3). The SMILES string of the molecule is CC(C)Nc1ncc(-c2cc(N)cc(C(N)=O)c2)n(CC(=O)NCc2ccc(C(=N)N)cc2)c1=O.FC(F)F.O=C(O)C(F)(F)F.O=CO. The fraction of sp³-hybridized carbons (Fsp3) is 0.250. The molecule has 0 aliphatic heterocycles. The van der Waals surface area contributed by atoms with Crippen molar-refractivity contribution in [2.45, 2.75) is 45.8 Å². The summed E-state index contributed by atoms with van der Waals surface area (Å²) in [6.07, 6.45) is -3.64. The molecule has 0 atom stereocenters. The Morgan fingerprint density at radius 3 is 1.98 bits per heavy atom. The van der Waals surface area contributed by atoms with Gasteiger partial charge in [-0.1, -0.05) is 24.3 Å². The van der Waals surface area contributed by atoms with Gasteiger partial charge in [0, 0.05) is 35.0 Å². The van der Waals surface area contributed by atoms with Gasteiger partial charge in [-0.25, -0.2) is 9.78 Å². The monoisotopic (exact) mass is 706 g/mol. The van der Waals surface area contributed by atoms with Gasteiger partial charge in [0.15, 0.2) is 5.82 Å². The summed E-state index contributed by atoms with van der Waals surface area (Å²) in [4.78, 5) is 59.2. The molecule has 0 saturated heterocycles. The number of carboxylic acids is 1. The van der Waals surface area contributed by atoms with Gasteiger partial charge in [0.2, 0.25) is 11.8 Å². The zero-order valence-electron chi connectivity index (χ0n) is 25.6. The maximum absolute atomic E-state index is 13.2. The van der Waals surface area contributed by atoms with E-state index < -0.39 is 36.2 Å². The second kappa shape index (κ2) is 20.2. The third kappa shape index (κ3) is 16.3. The first-order valence-electron chi connectivity index (χ1n) is 13.2. The Kier molecular flexibility index (Phi) is 17.6. The van der Waals surface area contributed by atoms with Gasteiger partial charge in [0.05, 0.1) is 11.9 Å². The number of nitrogens with two attached hydrogens (primary N) is 3. The van der Waals surface area contributed by atoms with Crippen LogP contribution in [0.2, 0.25) is 0 Å². The smallest absolute Gasteiger partial charge is 0.483 e. The number of anilines is 2. The maximum Gasteiger partial charge on any atom is 0.490 e. The second-order valence-corrected chi connectivity index (χ2v) is 9.43. The molecule has 0 bridgehead atoms. The number of hydrogen-bond donors (Lipinski definition) is 8. The average molecular weight is 707 g/mol. The van der Waals surface area contributed by atoms with E-state index in [1.807, 2.05) is 13.8 Å². The number of nitrogens with one attached hydrogen (secondary N) is 3. The lowest BCUT2D eigenvalue weighted by Crippen LogP contribution is -2.35. The van der Waals surface area contributed by atoms with E-state index in [-0.39, 0.29) is 48.5 Å². The number of hydrogen-bond acceptors (Lipinski definition) is 9. The van der Waals surface area contributed by atoms with Gasteiger partial charge in [-0.05, 0) is 37.6 Å². The Balaban J connectivity index is 0.00000139. The average Bonchev–Trinajstić information content (AvgIpc) is 2.98. The van der Waals surface area contributed by atoms with Crippen molar-refractivity contribution < 1.29 is 55.7 Å². The van der Waals surface area contributed by atoms with Crippen LogP contribution in [0.5, 0.6) is 0 Å². The van der Waals surface area contributed by atoms with Crippen LogP contribution in [0, 0.1) is 5.41 Å². The summed E-state index contributed by atoms with van der Waals surface area (Å²) in [5.74, 6) is -3.79. The Bertz CT molecular complexity index is 1650. The second-order valence-electron chi connectivity index (χ2n) is 9.43. The Labute approximate surface area is 273 Å². The number of carbonyl (C=O) groups is 4. The number of amides is 2. The summed E-state index contributed by atoms with van der Waals surface area (Å²) >= 11 is 0. The molecule has 0 fully saturated rings. The van der Waals surface area contributed by atoms with Crippen LogP contribution in [-0.4, -0.2) is 68.8 Å². The van der Waals surface area contributed by atoms with Crippen molar-refractivity contribution in [3.8, 4) is 11.3 Å². The lowest BCUT2D eigenvalue weighted by molar-refractivity contribution is -0.192. The number of carbonyl (C=O) groups excluding carboxylic acids is 2. The Morgan fingerprint density at radius 2 is 1.55 bits per heavy atom. The van der Waals surface area contributed by atoms with Gasteiger partial charge in [-0.15, -0.1) is 0 Å². The topological polar surface area (TPSA) is 270 Å². The number of nitrogens with zero attached hydrogens (tertiary/aromatic N) is 2. The highest BCUT2D eigenvalue weighted by molar-refractivity contribution is 5.95. The molecule has 15 nitrogen and oxygen atoms in total. The number of carboxylic acid groups (broad SMARTS) is 2. The van der Waals surface area contributed by atoms with Crippen LogP contribution >= 0.6 is 0 Å². The first-order valence-corrected chi connectivity index (χ1v) is 13.2. The molecule has 3 rings (SSSR count). The summed E-state index contributed by atoms with van der Waals surface area (Å²) in [6, 6.07) is 11.3. The largest absolute Gasteiger partial charge is 0.490 e. The number of alkyl halides is 6. The summed E-state index contributed by atoms with van der Waals surface area (Å²) in [5, 5.41) is 27.2. The van der Waals surface area contributed by atoms with Crippen LogP contribution in [-0.2, 0) is 27.5 Å². The fourth-order valence-corrected chi connectivity index (χ4v) is 3.39. The first kappa shape index (κ1) is 42.9. The van der Waals surface area contributed by atoms with Crippen molar-refractivity contribution in [3.63, 3.8) is 0 Å². The molecule has 2 amide bonds. The fourth-order valence-electron chi connectivity index (χ4n) is 3.39. The summed E-state index contributed by atoms with van der Waals surface area (Å²) in [7, 11) is 0. The molecule has 21 heteroatoms. The van der Waals surface area contributed by atoms with Crippen molar-refractivity contribution >= 4 is 41.6 Å². The van der Waals surface area contributed by atoms with Crippen molar-refractivity contribution in [2.75, 3.05) is 11.1 Å². The molecule has 0 aliphatic carbocycles. The number of amidine groups is 1. The molecule has 2 aromatic carbocycles. The quantitative estimate of drug-likeness (QED) is 0.0527. The summed E-state index contributed by atoms with van der Waals surface area (Å²) < 4.78 is 62.0. The molecule has 1 heterocycles. The van der Waals surface area contributed by atoms with Crippen molar-refractivity contribution in [1.29, 1.82) is 5.41 Å². The first-order chi connectivity index (χ1) is 22.6. The third-order valence-electron chi connectivity index (χ3n) is 5.31. The van der Waals surface area contributed by atoms with Gasteiger partial charge < -0.3 is 38.0 Å². The number of halogens is 6. The minimum Gasteiger partial charge on any atom is -0.483 e. The number of aliphatic carboxylic acids is 1. The highest BCUT2D eigenvalue weighted by atomic mass is 19.4. The Morgan fingerprint density at radius 1 is 1.04 bits per heavy atom. The van der Waals surface area contributed by atoms with Gasteiger partial charge >= 0.3 is 18.8 Å². The van der Waals surface area contributed by atoms with Crippen LogP contribution in [0.15, 0.2) is 53.5 Å². The summed E-state index contributed by atoms with van der Waals surface area (Å²) in [6.45, 7) is -0.274. The van der Waals surface area contributed by atoms with Crippen LogP contribution in [0.3, 0.4) is 0 Å². The van der Waals surface area contributed by atoms with E-state index in [1.165, 1.54) is 22.9 Å². The van der Waals surface area contributed by atoms with Gasteiger partial charge in [0.25, 0.3) is 12.0 Å². The van der Waals surface area contributed by atoms with Gasteiger partial charge in [-0.2, -0.15) is 26.3 Å². The zero-order chi connectivity index (χ0) is 38.1. The van der Waals surface area contributed by atoms with Crippen molar-refractivity contribution in [1.82, 2.24) is 14.9 Å². The highest BCUT2D eigenvalue weighted by Crippen LogP contribution is 2.23. The minimum atomic E-state index is -5.08. The molecule has 11 N–H and O–H groups in total. The van der Waals surface area contributed by atoms with E-state index >= 15 is 0 Å². The number of benzene rings is 2. The summed E-state index contributed by atoms with van der Waals surface area (Å²) in [5.41, 5.74) is 18.9. The molecule has 0 spiro atoms. The van der Waals surface area contributed by atoms with E-state index in [0.29, 0.717) is 16.8 Å². The molecular formula is C28H32F6N8O7. The molecule has 3 aromatic rings. The lowest BCUT2D eigenvalue weighted by atomic mass is 10.1. The van der Waals surface area contributed by atoms with E-state index in [1.54, 1.807) is 30.3 Å². The molecule has 0 unspecified atom stereocenters. The third-order valence-corrected chi connectivity index (χ3v) is 5.31. The molecule has 49 heavy (non-hydrogen) atoms. The van der Waals surface area contributed by atoms with E-state index in [9.17, 15) is 40.7 Å². The predicted molar refractivity (Wildman–Crippen MR) is 164 cm³/mol. The Hall–Kier alpha value is -6.15. The van der Waals surface area contributed by atoms with Crippen LogP contribution in [0.25, 0.3) is 11.3 Å².